The van der Waals surface area contributed by atoms with Crippen molar-refractivity contribution in [1.29, 1.82) is 0 Å². The molecule has 5 rings (SSSR count). The molecule has 5 nitrogen and oxygen atoms in total. The molecule has 6 heteroatoms. The lowest BCUT2D eigenvalue weighted by Crippen LogP contribution is -2.40. The first kappa shape index (κ1) is 27.3. The number of rotatable bonds is 8. The SMILES string of the molecule is COC(=O)C(c1ccccc1)N1CCC(c2ccc(NC(=O)c3ccccc3-c3ccc(CF)cc3)cc2)CC1. The highest BCUT2D eigenvalue weighted by molar-refractivity contribution is 6.08. The number of carbonyl (C=O) groups excluding carboxylic acids is 2. The van der Waals surface area contributed by atoms with Crippen LogP contribution in [0.5, 0.6) is 0 Å². The summed E-state index contributed by atoms with van der Waals surface area (Å²) in [6.07, 6.45) is 1.86. The summed E-state index contributed by atoms with van der Waals surface area (Å²) in [4.78, 5) is 28.0. The summed E-state index contributed by atoms with van der Waals surface area (Å²) < 4.78 is 18.1. The van der Waals surface area contributed by atoms with Crippen LogP contribution in [0.15, 0.2) is 103 Å². The third-order valence-corrected chi connectivity index (χ3v) is 7.67. The van der Waals surface area contributed by atoms with Gasteiger partial charge in [0.05, 0.1) is 7.11 Å². The molecule has 1 unspecified atom stereocenters. The number of nitrogens with one attached hydrogen (secondary N) is 1. The second kappa shape index (κ2) is 12.7. The Morgan fingerprint density at radius 2 is 1.52 bits per heavy atom. The Kier molecular flexibility index (Phi) is 8.67. The molecule has 0 bridgehead atoms. The molecule has 1 atom stereocenters. The van der Waals surface area contributed by atoms with Gasteiger partial charge in [-0.2, -0.15) is 0 Å². The quantitative estimate of drug-likeness (QED) is 0.243. The Bertz CT molecular complexity index is 1430. The molecule has 4 aromatic carbocycles. The van der Waals surface area contributed by atoms with Crippen LogP contribution in [-0.4, -0.2) is 37.0 Å². The minimum Gasteiger partial charge on any atom is -0.468 e. The van der Waals surface area contributed by atoms with Crippen molar-refractivity contribution in [3.8, 4) is 11.1 Å². The van der Waals surface area contributed by atoms with E-state index in [0.717, 1.165) is 48.3 Å². The van der Waals surface area contributed by atoms with E-state index in [1.165, 1.54) is 12.7 Å². The van der Waals surface area contributed by atoms with E-state index in [0.29, 0.717) is 17.0 Å². The van der Waals surface area contributed by atoms with E-state index in [9.17, 15) is 14.0 Å². The summed E-state index contributed by atoms with van der Waals surface area (Å²) in [6, 6.07) is 32.0. The highest BCUT2D eigenvalue weighted by Gasteiger charge is 2.32. The second-order valence-electron chi connectivity index (χ2n) is 10.1. The molecule has 0 aliphatic carbocycles. The molecule has 0 aromatic heterocycles. The molecule has 1 fully saturated rings. The largest absolute Gasteiger partial charge is 0.468 e. The second-order valence-corrected chi connectivity index (χ2v) is 10.1. The number of halogens is 1. The van der Waals surface area contributed by atoms with Crippen molar-refractivity contribution < 1.29 is 18.7 Å². The fraction of sp³-hybridized carbons (Fsp3) is 0.235. The Balaban J connectivity index is 1.23. The molecule has 1 amide bonds. The molecule has 0 radical (unpaired) electrons. The number of esters is 1. The topological polar surface area (TPSA) is 58.6 Å². The van der Waals surface area contributed by atoms with Crippen molar-refractivity contribution >= 4 is 17.6 Å². The fourth-order valence-electron chi connectivity index (χ4n) is 5.48. The summed E-state index contributed by atoms with van der Waals surface area (Å²) in [5.41, 5.74) is 5.73. The lowest BCUT2D eigenvalue weighted by atomic mass is 9.88. The number of anilines is 1. The first-order valence-electron chi connectivity index (χ1n) is 13.6. The fourth-order valence-corrected chi connectivity index (χ4v) is 5.48. The van der Waals surface area contributed by atoms with Crippen molar-refractivity contribution in [3.05, 3.63) is 125 Å². The van der Waals surface area contributed by atoms with Crippen LogP contribution >= 0.6 is 0 Å². The van der Waals surface area contributed by atoms with Gasteiger partial charge < -0.3 is 10.1 Å². The molecule has 1 heterocycles. The van der Waals surface area contributed by atoms with E-state index in [1.807, 2.05) is 72.8 Å². The Labute approximate surface area is 234 Å². The first-order valence-corrected chi connectivity index (χ1v) is 13.6. The molecule has 1 N–H and O–H groups in total. The Morgan fingerprint density at radius 1 is 0.875 bits per heavy atom. The molecule has 1 aliphatic rings. The van der Waals surface area contributed by atoms with Crippen LogP contribution in [-0.2, 0) is 16.2 Å². The maximum atomic E-state index is 13.2. The van der Waals surface area contributed by atoms with Crippen molar-refractivity contribution in [2.45, 2.75) is 31.5 Å². The van der Waals surface area contributed by atoms with E-state index in [2.05, 4.69) is 22.3 Å². The summed E-state index contributed by atoms with van der Waals surface area (Å²) in [5, 5.41) is 3.02. The van der Waals surface area contributed by atoms with E-state index < -0.39 is 12.7 Å². The van der Waals surface area contributed by atoms with Gasteiger partial charge in [0.2, 0.25) is 0 Å². The number of benzene rings is 4. The standard InChI is InChI=1S/C34H33FN2O3/c1-40-34(39)32(28-7-3-2-4-8-28)37-21-19-26(20-22-37)25-15-17-29(18-16-25)36-33(38)31-10-6-5-9-30(31)27-13-11-24(23-35)12-14-27/h2-18,26,32H,19-23H2,1H3,(H,36,38). The van der Waals surface area contributed by atoms with Crippen LogP contribution in [0.2, 0.25) is 0 Å². The van der Waals surface area contributed by atoms with Gasteiger partial charge in [0.1, 0.15) is 12.7 Å². The van der Waals surface area contributed by atoms with Gasteiger partial charge in [0, 0.05) is 11.3 Å². The number of methoxy groups -OCH3 is 1. The number of likely N-dealkylation sites (tertiary alicyclic amines) is 1. The molecule has 1 aliphatic heterocycles. The number of amides is 1. The van der Waals surface area contributed by atoms with Crippen molar-refractivity contribution in [1.82, 2.24) is 4.90 Å². The molecule has 0 spiro atoms. The number of hydrogen-bond acceptors (Lipinski definition) is 4. The number of piperidine rings is 1. The Hall–Kier alpha value is -4.29. The maximum Gasteiger partial charge on any atom is 0.327 e. The van der Waals surface area contributed by atoms with E-state index in [4.69, 9.17) is 4.74 Å². The normalized spacial score (nSPS) is 14.8. The molecular formula is C34H33FN2O3. The zero-order chi connectivity index (χ0) is 27.9. The number of carbonyl (C=O) groups is 2. The highest BCUT2D eigenvalue weighted by Crippen LogP contribution is 2.33. The van der Waals surface area contributed by atoms with E-state index >= 15 is 0 Å². The van der Waals surface area contributed by atoms with E-state index in [1.54, 1.807) is 18.2 Å². The molecular weight excluding hydrogens is 503 g/mol. The molecule has 204 valence electrons. The maximum absolute atomic E-state index is 13.2. The van der Waals surface area contributed by atoms with Crippen LogP contribution in [0.1, 0.15) is 51.8 Å². The van der Waals surface area contributed by atoms with Crippen molar-refractivity contribution in [3.63, 3.8) is 0 Å². The first-order chi connectivity index (χ1) is 19.6. The van der Waals surface area contributed by atoms with Crippen LogP contribution in [0.25, 0.3) is 11.1 Å². The smallest absolute Gasteiger partial charge is 0.327 e. The predicted octanol–water partition coefficient (Wildman–Crippen LogP) is 7.17. The van der Waals surface area contributed by atoms with Gasteiger partial charge in [-0.15, -0.1) is 0 Å². The lowest BCUT2D eigenvalue weighted by molar-refractivity contribution is -0.147. The summed E-state index contributed by atoms with van der Waals surface area (Å²) in [6.45, 7) is 1.07. The zero-order valence-electron chi connectivity index (χ0n) is 22.6. The summed E-state index contributed by atoms with van der Waals surface area (Å²) in [7, 11) is 1.44. The Morgan fingerprint density at radius 3 is 2.17 bits per heavy atom. The van der Waals surface area contributed by atoms with Crippen LogP contribution < -0.4 is 5.32 Å². The third kappa shape index (κ3) is 6.13. The van der Waals surface area contributed by atoms with Crippen molar-refractivity contribution in [2.75, 3.05) is 25.5 Å². The van der Waals surface area contributed by atoms with Gasteiger partial charge in [0.25, 0.3) is 5.91 Å². The minimum atomic E-state index is -0.515. The van der Waals surface area contributed by atoms with Gasteiger partial charge in [-0.3, -0.25) is 9.69 Å². The van der Waals surface area contributed by atoms with Gasteiger partial charge >= 0.3 is 5.97 Å². The number of ether oxygens (including phenoxy) is 1. The zero-order valence-corrected chi connectivity index (χ0v) is 22.6. The highest BCUT2D eigenvalue weighted by atomic mass is 19.1. The molecule has 40 heavy (non-hydrogen) atoms. The van der Waals surface area contributed by atoms with Gasteiger partial charge in [-0.1, -0.05) is 84.9 Å². The molecule has 0 saturated carbocycles. The minimum absolute atomic E-state index is 0.194. The van der Waals surface area contributed by atoms with Crippen LogP contribution in [0, 0.1) is 0 Å². The summed E-state index contributed by atoms with van der Waals surface area (Å²) >= 11 is 0. The van der Waals surface area contributed by atoms with Crippen LogP contribution in [0.3, 0.4) is 0 Å². The van der Waals surface area contributed by atoms with Gasteiger partial charge in [-0.05, 0) is 77.9 Å². The summed E-state index contributed by atoms with van der Waals surface area (Å²) in [5.74, 6) is -0.0489. The number of hydrogen-bond donors (Lipinski definition) is 1. The molecule has 1 saturated heterocycles. The van der Waals surface area contributed by atoms with Crippen LogP contribution in [0.4, 0.5) is 10.1 Å². The molecule has 4 aromatic rings. The lowest BCUT2D eigenvalue weighted by Gasteiger charge is -2.36. The van der Waals surface area contributed by atoms with Gasteiger partial charge in [-0.25, -0.2) is 9.18 Å². The third-order valence-electron chi connectivity index (χ3n) is 7.67. The predicted molar refractivity (Wildman–Crippen MR) is 156 cm³/mol. The number of alkyl halides is 1. The van der Waals surface area contributed by atoms with Crippen molar-refractivity contribution in [2.24, 2.45) is 0 Å². The monoisotopic (exact) mass is 536 g/mol. The average molecular weight is 537 g/mol. The number of nitrogens with zero attached hydrogens (tertiary/aromatic N) is 1. The van der Waals surface area contributed by atoms with Gasteiger partial charge in [0.15, 0.2) is 0 Å². The van der Waals surface area contributed by atoms with E-state index in [-0.39, 0.29) is 11.9 Å². The average Bonchev–Trinajstić information content (AvgIpc) is 3.02.